The second-order valence-electron chi connectivity index (χ2n) is 17.3. The van der Waals surface area contributed by atoms with Gasteiger partial charge in [-0.15, -0.1) is 0 Å². The fourth-order valence-corrected chi connectivity index (χ4v) is 10.3. The van der Waals surface area contributed by atoms with E-state index in [-0.39, 0.29) is 0 Å². The number of hydrogen-bond acceptors (Lipinski definition) is 3. The maximum atomic E-state index is 5.05. The van der Waals surface area contributed by atoms with E-state index < -0.39 is 0 Å². The van der Waals surface area contributed by atoms with E-state index in [1.165, 1.54) is 49.8 Å². The molecule has 3 aromatic heterocycles. The number of rotatable bonds is 8. The second kappa shape index (κ2) is 16.4. The number of nitrogens with zero attached hydrogens (tertiary/aromatic N) is 5. The van der Waals surface area contributed by atoms with Crippen LogP contribution in [0.2, 0.25) is 0 Å². The molecule has 0 aliphatic heterocycles. The van der Waals surface area contributed by atoms with Gasteiger partial charge < -0.3 is 9.13 Å². The van der Waals surface area contributed by atoms with Crippen molar-refractivity contribution in [2.24, 2.45) is 0 Å². The maximum Gasteiger partial charge on any atom is 0.164 e. The van der Waals surface area contributed by atoms with Gasteiger partial charge in [-0.2, -0.15) is 0 Å². The predicted molar refractivity (Wildman–Crippen MR) is 278 cm³/mol. The minimum absolute atomic E-state index is 0.635. The van der Waals surface area contributed by atoms with E-state index in [9.17, 15) is 0 Å². The molecule has 0 unspecified atom stereocenters. The maximum absolute atomic E-state index is 5.05. The molecule has 0 atom stereocenters. The molecule has 318 valence electrons. The van der Waals surface area contributed by atoms with Gasteiger partial charge in [0.1, 0.15) is 0 Å². The minimum Gasteiger partial charge on any atom is -0.312 e. The monoisotopic (exact) mass is 867 g/mol. The largest absolute Gasteiger partial charge is 0.312 e. The summed E-state index contributed by atoms with van der Waals surface area (Å²) in [7, 11) is 0. The van der Waals surface area contributed by atoms with Crippen LogP contribution >= 0.6 is 0 Å². The average molecular weight is 868 g/mol. The number of benzene rings is 8. The van der Waals surface area contributed by atoms with Crippen molar-refractivity contribution in [2.75, 3.05) is 0 Å². The van der Waals surface area contributed by atoms with Crippen LogP contribution < -0.4 is 0 Å². The number of fused-ring (bicyclic) bond motifs is 6. The molecular weight excluding hydrogens is 827 g/mol. The molecule has 5 heteroatoms. The van der Waals surface area contributed by atoms with Crippen LogP contribution in [0.15, 0.2) is 218 Å². The summed E-state index contributed by atoms with van der Waals surface area (Å²) in [6.45, 7) is 0. The zero-order valence-electron chi connectivity index (χ0n) is 37.0. The molecule has 3 heterocycles. The van der Waals surface area contributed by atoms with Crippen molar-refractivity contribution in [3.05, 3.63) is 247 Å². The Bertz CT molecular complexity index is 3820. The summed E-state index contributed by atoms with van der Waals surface area (Å²) in [6, 6.07) is 83.5. The van der Waals surface area contributed by atoms with Crippen LogP contribution in [0.4, 0.5) is 0 Å². The highest BCUT2D eigenvalue weighted by molar-refractivity contribution is 6.16. The van der Waals surface area contributed by atoms with Gasteiger partial charge in [-0.1, -0.05) is 176 Å². The van der Waals surface area contributed by atoms with Gasteiger partial charge in [-0.05, 0) is 95.8 Å². The van der Waals surface area contributed by atoms with Crippen LogP contribution in [0.3, 0.4) is 0 Å². The first kappa shape index (κ1) is 39.3. The third-order valence-electron chi connectivity index (χ3n) is 13.4. The first-order chi connectivity index (χ1) is 33.7. The highest BCUT2D eigenvalue weighted by Crippen LogP contribution is 2.42. The summed E-state index contributed by atoms with van der Waals surface area (Å²) in [5, 5.41) is 3.68. The summed E-state index contributed by atoms with van der Waals surface area (Å²) in [4.78, 5) is 15.0. The first-order valence-corrected chi connectivity index (χ1v) is 23.2. The van der Waals surface area contributed by atoms with Gasteiger partial charge in [-0.25, -0.2) is 15.0 Å². The number of allylic oxidation sites excluding steroid dienone is 1. The number of hydrogen-bond donors (Lipinski definition) is 0. The Morgan fingerprint density at radius 2 is 1.00 bits per heavy atom. The van der Waals surface area contributed by atoms with Crippen LogP contribution in [0.25, 0.3) is 112 Å². The molecule has 68 heavy (non-hydrogen) atoms. The van der Waals surface area contributed by atoms with E-state index in [1.807, 2.05) is 72.8 Å². The van der Waals surface area contributed by atoms with Gasteiger partial charge in [0.15, 0.2) is 17.5 Å². The summed E-state index contributed by atoms with van der Waals surface area (Å²) in [5.41, 5.74) is 18.3. The van der Waals surface area contributed by atoms with Crippen LogP contribution in [0.1, 0.15) is 23.2 Å². The lowest BCUT2D eigenvalue weighted by Crippen LogP contribution is -2.06. The smallest absolute Gasteiger partial charge is 0.164 e. The molecular formula is C63H41N5. The summed E-state index contributed by atoms with van der Waals surface area (Å²) >= 11 is 0. The topological polar surface area (TPSA) is 48.5 Å². The van der Waals surface area contributed by atoms with E-state index in [4.69, 9.17) is 15.0 Å². The Balaban J connectivity index is 0.882. The van der Waals surface area contributed by atoms with Crippen LogP contribution in [-0.4, -0.2) is 24.1 Å². The van der Waals surface area contributed by atoms with Crippen molar-refractivity contribution in [2.45, 2.75) is 12.8 Å². The van der Waals surface area contributed by atoms with Gasteiger partial charge in [0.25, 0.3) is 0 Å². The molecule has 0 N–H and O–H groups in total. The van der Waals surface area contributed by atoms with Crippen molar-refractivity contribution in [3.8, 4) is 67.8 Å². The SMILES string of the molecule is c1cccc(-c2ccccc2-n2c3c(c4ccccc42)C=C(c2ccc(-n4c5ccccc5c5c(-c6cccc(-c7nc(-c8ccccc8)nc(-c8ccccc8)n7)c6)cccc54)cc2)CC3)c#1. The predicted octanol–water partition coefficient (Wildman–Crippen LogP) is 15.3. The normalized spacial score (nSPS) is 12.3. The Morgan fingerprint density at radius 1 is 0.412 bits per heavy atom. The van der Waals surface area contributed by atoms with Crippen molar-refractivity contribution in [1.82, 2.24) is 24.1 Å². The summed E-state index contributed by atoms with van der Waals surface area (Å²) in [5.74, 6) is 1.93. The van der Waals surface area contributed by atoms with Gasteiger partial charge in [0.05, 0.1) is 22.2 Å². The Hall–Kier alpha value is -9.11. The zero-order chi connectivity index (χ0) is 45.0. The third kappa shape index (κ3) is 6.70. The van der Waals surface area contributed by atoms with Gasteiger partial charge in [0, 0.05) is 60.9 Å². The Morgan fingerprint density at radius 3 is 1.74 bits per heavy atom. The number of para-hydroxylation sites is 3. The summed E-state index contributed by atoms with van der Waals surface area (Å²) in [6.07, 6.45) is 4.31. The Labute approximate surface area is 394 Å². The molecule has 9 aromatic carbocycles. The molecule has 0 amide bonds. The molecule has 0 radical (unpaired) electrons. The lowest BCUT2D eigenvalue weighted by molar-refractivity contribution is 0.898. The van der Waals surface area contributed by atoms with Crippen molar-refractivity contribution < 1.29 is 0 Å². The minimum atomic E-state index is 0.635. The molecule has 1 aliphatic carbocycles. The average Bonchev–Trinajstić information content (AvgIpc) is 3.94. The van der Waals surface area contributed by atoms with Crippen LogP contribution in [0, 0.1) is 12.1 Å². The van der Waals surface area contributed by atoms with E-state index in [2.05, 4.69) is 173 Å². The number of aromatic nitrogens is 5. The van der Waals surface area contributed by atoms with Crippen LogP contribution in [0.5, 0.6) is 0 Å². The third-order valence-corrected chi connectivity index (χ3v) is 13.4. The lowest BCUT2D eigenvalue weighted by Gasteiger charge is -2.19. The van der Waals surface area contributed by atoms with Crippen molar-refractivity contribution in [3.63, 3.8) is 0 Å². The Kier molecular flexibility index (Phi) is 9.47. The van der Waals surface area contributed by atoms with Gasteiger partial charge in [0.2, 0.25) is 0 Å². The second-order valence-corrected chi connectivity index (χ2v) is 17.3. The molecule has 0 spiro atoms. The van der Waals surface area contributed by atoms with Gasteiger partial charge >= 0.3 is 0 Å². The fourth-order valence-electron chi connectivity index (χ4n) is 10.3. The highest BCUT2D eigenvalue weighted by atomic mass is 15.0. The fraction of sp³-hybridized carbons (Fsp3) is 0.0317. The van der Waals surface area contributed by atoms with Crippen molar-refractivity contribution >= 4 is 44.4 Å². The molecule has 0 bridgehead atoms. The van der Waals surface area contributed by atoms with Crippen molar-refractivity contribution in [1.29, 1.82) is 0 Å². The van der Waals surface area contributed by atoms with E-state index in [1.54, 1.807) is 0 Å². The van der Waals surface area contributed by atoms with E-state index in [0.29, 0.717) is 17.5 Å². The standard InChI is InChI=1S/C63H41N5/c1-4-18-43(19-5-1)50-26-10-13-30-55(50)68-56-31-14-11-27-52(56)54-41-46(36-39-58(54)68)42-34-37-49(38-35-42)67-57-32-15-12-28-53(57)60-51(29-17-33-59(60)67)47-24-16-25-48(40-47)63-65-61(44-20-6-2-7-21-44)64-62(66-63)45-22-8-3-9-23-45/h1-4,6-18,20-35,37-38,40-41H,36,39H2. The van der Waals surface area contributed by atoms with Gasteiger partial charge in [-0.3, -0.25) is 0 Å². The summed E-state index contributed by atoms with van der Waals surface area (Å²) < 4.78 is 4.88. The molecule has 12 aromatic rings. The molecule has 0 saturated carbocycles. The molecule has 13 rings (SSSR count). The first-order valence-electron chi connectivity index (χ1n) is 23.2. The molecule has 5 nitrogen and oxygen atoms in total. The lowest BCUT2D eigenvalue weighted by atomic mass is 9.91. The van der Waals surface area contributed by atoms with E-state index >= 15 is 0 Å². The molecule has 0 fully saturated rings. The zero-order valence-corrected chi connectivity index (χ0v) is 37.0. The molecule has 0 saturated heterocycles. The quantitative estimate of drug-likeness (QED) is 0.153. The highest BCUT2D eigenvalue weighted by Gasteiger charge is 2.24. The molecule has 1 aliphatic rings. The van der Waals surface area contributed by atoms with Crippen LogP contribution in [-0.2, 0) is 6.42 Å². The van der Waals surface area contributed by atoms with E-state index in [0.717, 1.165) is 68.5 Å².